The molecule has 1 heterocycles. The van der Waals surface area contributed by atoms with Gasteiger partial charge in [-0.3, -0.25) is 0 Å². The Morgan fingerprint density at radius 3 is 3.00 bits per heavy atom. The molecule has 1 aromatic heterocycles. The first-order valence-corrected chi connectivity index (χ1v) is 6.59. The third-order valence-corrected chi connectivity index (χ3v) is 3.75. The molecular weight excluding hydrogens is 198 g/mol. The molecule has 90 valence electrons. The highest BCUT2D eigenvalue weighted by Gasteiger charge is 2.26. The summed E-state index contributed by atoms with van der Waals surface area (Å²) < 4.78 is 2.31. The number of anilines is 1. The van der Waals surface area contributed by atoms with Crippen LogP contribution in [0.3, 0.4) is 0 Å². The van der Waals surface area contributed by atoms with Gasteiger partial charge in [0.25, 0.3) is 0 Å². The average Bonchev–Trinajstić information content (AvgIpc) is 2.63. The van der Waals surface area contributed by atoms with Crippen LogP contribution in [0.5, 0.6) is 0 Å². The van der Waals surface area contributed by atoms with Crippen molar-refractivity contribution in [2.45, 2.75) is 52.0 Å². The number of hydrogen-bond donors (Lipinski definition) is 1. The molecule has 1 aliphatic carbocycles. The van der Waals surface area contributed by atoms with E-state index in [1.807, 2.05) is 6.20 Å². The molecule has 0 bridgehead atoms. The summed E-state index contributed by atoms with van der Waals surface area (Å²) >= 11 is 0. The molecule has 2 rings (SSSR count). The van der Waals surface area contributed by atoms with E-state index in [1.165, 1.54) is 32.1 Å². The minimum absolute atomic E-state index is 0.598. The number of unbranched alkanes of at least 4 members (excludes halogenated alkanes) is 1. The number of hydrogen-bond acceptors (Lipinski definition) is 2. The van der Waals surface area contributed by atoms with E-state index in [9.17, 15) is 0 Å². The Bertz CT molecular complexity index is 315. The lowest BCUT2D eigenvalue weighted by Crippen LogP contribution is -2.23. The van der Waals surface area contributed by atoms with Crippen LogP contribution < -0.4 is 5.32 Å². The summed E-state index contributed by atoms with van der Waals surface area (Å²) in [7, 11) is 0. The second-order valence-electron chi connectivity index (χ2n) is 4.87. The lowest BCUT2D eigenvalue weighted by Gasteiger charge is -2.33. The summed E-state index contributed by atoms with van der Waals surface area (Å²) in [4.78, 5) is 4.40. The Hall–Kier alpha value is -0.990. The zero-order valence-corrected chi connectivity index (χ0v) is 10.4. The molecule has 1 unspecified atom stereocenters. The van der Waals surface area contributed by atoms with Crippen molar-refractivity contribution in [1.29, 1.82) is 0 Å². The zero-order valence-electron chi connectivity index (χ0n) is 10.4. The van der Waals surface area contributed by atoms with E-state index in [-0.39, 0.29) is 0 Å². The van der Waals surface area contributed by atoms with Crippen molar-refractivity contribution in [2.24, 2.45) is 5.92 Å². The van der Waals surface area contributed by atoms with Crippen LogP contribution in [-0.2, 0) is 0 Å². The van der Waals surface area contributed by atoms with Gasteiger partial charge in [-0.2, -0.15) is 0 Å². The predicted molar refractivity (Wildman–Crippen MR) is 67.7 cm³/mol. The summed E-state index contributed by atoms with van der Waals surface area (Å²) in [6.45, 7) is 5.56. The summed E-state index contributed by atoms with van der Waals surface area (Å²) in [5.41, 5.74) is 0. The summed E-state index contributed by atoms with van der Waals surface area (Å²) in [5.74, 6) is 1.91. The van der Waals surface area contributed by atoms with Gasteiger partial charge in [-0.25, -0.2) is 4.98 Å². The minimum atomic E-state index is 0.598. The van der Waals surface area contributed by atoms with Crippen LogP contribution >= 0.6 is 0 Å². The molecule has 0 amide bonds. The Morgan fingerprint density at radius 2 is 2.38 bits per heavy atom. The molecule has 1 aromatic rings. The van der Waals surface area contributed by atoms with E-state index >= 15 is 0 Å². The first-order chi connectivity index (χ1) is 7.83. The lowest BCUT2D eigenvalue weighted by molar-refractivity contribution is 0.224. The quantitative estimate of drug-likeness (QED) is 0.746. The van der Waals surface area contributed by atoms with Crippen molar-refractivity contribution in [3.05, 3.63) is 12.4 Å². The van der Waals surface area contributed by atoms with Crippen LogP contribution in [0.1, 0.15) is 52.0 Å². The van der Waals surface area contributed by atoms with E-state index in [0.29, 0.717) is 6.04 Å². The van der Waals surface area contributed by atoms with Gasteiger partial charge in [0.2, 0.25) is 5.95 Å². The number of aromatic nitrogens is 2. The van der Waals surface area contributed by atoms with Crippen LogP contribution in [0.2, 0.25) is 0 Å². The largest absolute Gasteiger partial charge is 0.356 e. The Labute approximate surface area is 98.3 Å². The van der Waals surface area contributed by atoms with E-state index < -0.39 is 0 Å². The summed E-state index contributed by atoms with van der Waals surface area (Å²) in [5, 5.41) is 3.43. The first-order valence-electron chi connectivity index (χ1n) is 6.59. The van der Waals surface area contributed by atoms with Crippen LogP contribution in [0.15, 0.2) is 12.4 Å². The van der Waals surface area contributed by atoms with E-state index in [0.717, 1.165) is 18.4 Å². The van der Waals surface area contributed by atoms with Gasteiger partial charge in [-0.05, 0) is 32.1 Å². The predicted octanol–water partition coefficient (Wildman–Crippen LogP) is 3.46. The third-order valence-electron chi connectivity index (χ3n) is 3.75. The van der Waals surface area contributed by atoms with Gasteiger partial charge in [0, 0.05) is 25.0 Å². The lowest BCUT2D eigenvalue weighted by atomic mass is 9.80. The molecule has 3 heteroatoms. The van der Waals surface area contributed by atoms with Crippen LogP contribution in [0, 0.1) is 5.92 Å². The highest BCUT2D eigenvalue weighted by molar-refractivity contribution is 5.26. The maximum absolute atomic E-state index is 4.40. The smallest absolute Gasteiger partial charge is 0.203 e. The van der Waals surface area contributed by atoms with Crippen molar-refractivity contribution >= 4 is 5.95 Å². The monoisotopic (exact) mass is 221 g/mol. The first kappa shape index (κ1) is 11.5. The molecule has 3 nitrogen and oxygen atoms in total. The maximum atomic E-state index is 4.40. The molecule has 16 heavy (non-hydrogen) atoms. The molecule has 1 atom stereocenters. The fourth-order valence-corrected chi connectivity index (χ4v) is 2.30. The second-order valence-corrected chi connectivity index (χ2v) is 4.87. The van der Waals surface area contributed by atoms with Crippen LogP contribution in [0.25, 0.3) is 0 Å². The van der Waals surface area contributed by atoms with E-state index in [1.54, 1.807) is 0 Å². The summed E-state index contributed by atoms with van der Waals surface area (Å²) in [6, 6.07) is 0.598. The Balaban J connectivity index is 1.94. The molecule has 0 spiro atoms. The molecule has 1 fully saturated rings. The third kappa shape index (κ3) is 2.39. The fourth-order valence-electron chi connectivity index (χ4n) is 2.30. The highest BCUT2D eigenvalue weighted by atomic mass is 15.2. The normalized spacial score (nSPS) is 18.1. The molecule has 1 saturated carbocycles. The van der Waals surface area contributed by atoms with Gasteiger partial charge < -0.3 is 9.88 Å². The molecule has 1 aliphatic rings. The highest BCUT2D eigenvalue weighted by Crippen LogP contribution is 2.36. The Morgan fingerprint density at radius 1 is 1.56 bits per heavy atom. The van der Waals surface area contributed by atoms with Gasteiger partial charge in [0.1, 0.15) is 0 Å². The fraction of sp³-hybridized carbons (Fsp3) is 0.769. The van der Waals surface area contributed by atoms with E-state index in [4.69, 9.17) is 0 Å². The standard InChI is InChI=1S/C13H23N3/c1-3-4-8-14-13-15-9-10-16(13)11(2)12-6-5-7-12/h9-12H,3-8H2,1-2H3,(H,14,15). The van der Waals surface area contributed by atoms with Crippen LogP contribution in [-0.4, -0.2) is 16.1 Å². The van der Waals surface area contributed by atoms with Crippen molar-refractivity contribution in [3.63, 3.8) is 0 Å². The molecule has 0 saturated heterocycles. The number of nitrogens with one attached hydrogen (secondary N) is 1. The zero-order chi connectivity index (χ0) is 11.4. The second kappa shape index (κ2) is 5.37. The van der Waals surface area contributed by atoms with Crippen molar-refractivity contribution in [1.82, 2.24) is 9.55 Å². The molecule has 0 aliphatic heterocycles. The number of nitrogens with zero attached hydrogens (tertiary/aromatic N) is 2. The molecule has 0 radical (unpaired) electrons. The van der Waals surface area contributed by atoms with Gasteiger partial charge >= 0.3 is 0 Å². The molecule has 1 N–H and O–H groups in total. The summed E-state index contributed by atoms with van der Waals surface area (Å²) in [6.07, 6.45) is 10.6. The SMILES string of the molecule is CCCCNc1nccn1C(C)C1CCC1. The van der Waals surface area contributed by atoms with Crippen molar-refractivity contribution in [3.8, 4) is 0 Å². The van der Waals surface area contributed by atoms with Gasteiger partial charge in [0.05, 0.1) is 0 Å². The molecule has 0 aromatic carbocycles. The van der Waals surface area contributed by atoms with Crippen molar-refractivity contribution in [2.75, 3.05) is 11.9 Å². The van der Waals surface area contributed by atoms with Gasteiger partial charge in [-0.1, -0.05) is 19.8 Å². The average molecular weight is 221 g/mol. The molecular formula is C13H23N3. The minimum Gasteiger partial charge on any atom is -0.356 e. The topological polar surface area (TPSA) is 29.9 Å². The Kier molecular flexibility index (Phi) is 3.86. The van der Waals surface area contributed by atoms with Gasteiger partial charge in [0.15, 0.2) is 0 Å². The van der Waals surface area contributed by atoms with Crippen molar-refractivity contribution < 1.29 is 0 Å². The van der Waals surface area contributed by atoms with Crippen LogP contribution in [0.4, 0.5) is 5.95 Å². The van der Waals surface area contributed by atoms with E-state index in [2.05, 4.69) is 34.9 Å². The van der Waals surface area contributed by atoms with Gasteiger partial charge in [-0.15, -0.1) is 0 Å². The maximum Gasteiger partial charge on any atom is 0.203 e. The number of rotatable bonds is 6. The number of imidazole rings is 1.